The van der Waals surface area contributed by atoms with Crippen molar-refractivity contribution in [1.29, 1.82) is 0 Å². The maximum Gasteiger partial charge on any atom is 0.271 e. The highest BCUT2D eigenvalue weighted by Crippen LogP contribution is 2.12. The van der Waals surface area contributed by atoms with Gasteiger partial charge in [-0.3, -0.25) is 4.79 Å². The summed E-state index contributed by atoms with van der Waals surface area (Å²) in [5.41, 5.74) is 3.08. The molecule has 1 amide bonds. The molecular weight excluding hydrogens is 312 g/mol. The first-order chi connectivity index (χ1) is 8.65. The van der Waals surface area contributed by atoms with Crippen LogP contribution in [0.25, 0.3) is 0 Å². The second-order valence-corrected chi connectivity index (χ2v) is 5.89. The summed E-state index contributed by atoms with van der Waals surface area (Å²) in [5.74, 6) is -0.216. The summed E-state index contributed by atoms with van der Waals surface area (Å²) in [6, 6.07) is 11.1. The third kappa shape index (κ3) is 3.51. The number of hydrogen-bond acceptors (Lipinski definition) is 3. The Morgan fingerprint density at radius 1 is 1.28 bits per heavy atom. The highest BCUT2D eigenvalue weighted by molar-refractivity contribution is 9.10. The Bertz CT molecular complexity index is 575. The van der Waals surface area contributed by atoms with E-state index in [0.29, 0.717) is 5.56 Å². The van der Waals surface area contributed by atoms with Crippen LogP contribution in [-0.4, -0.2) is 12.1 Å². The summed E-state index contributed by atoms with van der Waals surface area (Å²) in [6.07, 6.45) is 1.65. The van der Waals surface area contributed by atoms with Crippen LogP contribution in [0.15, 0.2) is 46.0 Å². The van der Waals surface area contributed by atoms with Crippen molar-refractivity contribution in [3.05, 3.63) is 56.2 Å². The van der Waals surface area contributed by atoms with Crippen LogP contribution >= 0.6 is 27.3 Å². The summed E-state index contributed by atoms with van der Waals surface area (Å²) in [5, 5.41) is 3.93. The van der Waals surface area contributed by atoms with Gasteiger partial charge in [-0.1, -0.05) is 15.9 Å². The Labute approximate surface area is 118 Å². The molecular formula is C13H11BrN2OS. The van der Waals surface area contributed by atoms with Crippen LogP contribution in [0.3, 0.4) is 0 Å². The number of hydrogen-bond donors (Lipinski definition) is 1. The number of carbonyl (C=O) groups excluding carboxylic acids is 1. The van der Waals surface area contributed by atoms with E-state index >= 15 is 0 Å². The number of nitrogens with zero attached hydrogens (tertiary/aromatic N) is 1. The maximum absolute atomic E-state index is 11.7. The molecule has 0 aliphatic rings. The topological polar surface area (TPSA) is 41.5 Å². The number of aryl methyl sites for hydroxylation is 1. The van der Waals surface area contributed by atoms with Crippen LogP contribution < -0.4 is 5.43 Å². The van der Waals surface area contributed by atoms with Crippen molar-refractivity contribution in [3.8, 4) is 0 Å². The van der Waals surface area contributed by atoms with Crippen molar-refractivity contribution in [2.24, 2.45) is 5.10 Å². The van der Waals surface area contributed by atoms with E-state index in [-0.39, 0.29) is 5.91 Å². The molecule has 0 saturated carbocycles. The van der Waals surface area contributed by atoms with E-state index in [2.05, 4.69) is 26.5 Å². The molecule has 18 heavy (non-hydrogen) atoms. The normalized spacial score (nSPS) is 10.8. The molecule has 0 unspecified atom stereocenters. The highest BCUT2D eigenvalue weighted by Gasteiger charge is 2.02. The molecule has 0 fully saturated rings. The molecule has 2 rings (SSSR count). The lowest BCUT2D eigenvalue weighted by Crippen LogP contribution is -2.17. The van der Waals surface area contributed by atoms with Gasteiger partial charge in [-0.25, -0.2) is 5.43 Å². The molecule has 0 saturated heterocycles. The van der Waals surface area contributed by atoms with Crippen LogP contribution in [0.4, 0.5) is 0 Å². The van der Waals surface area contributed by atoms with E-state index in [9.17, 15) is 4.79 Å². The van der Waals surface area contributed by atoms with Gasteiger partial charge in [0, 0.05) is 19.8 Å². The lowest BCUT2D eigenvalue weighted by atomic mass is 10.2. The van der Waals surface area contributed by atoms with Gasteiger partial charge in [0.1, 0.15) is 0 Å². The highest BCUT2D eigenvalue weighted by atomic mass is 79.9. The molecule has 5 heteroatoms. The van der Waals surface area contributed by atoms with E-state index in [1.165, 1.54) is 4.88 Å². The Morgan fingerprint density at radius 2 is 2.00 bits per heavy atom. The number of thiophene rings is 1. The second-order valence-electron chi connectivity index (χ2n) is 3.65. The minimum atomic E-state index is -0.216. The minimum Gasteiger partial charge on any atom is -0.267 e. The van der Waals surface area contributed by atoms with Gasteiger partial charge in [0.15, 0.2) is 0 Å². The van der Waals surface area contributed by atoms with Crippen LogP contribution in [0.5, 0.6) is 0 Å². The summed E-state index contributed by atoms with van der Waals surface area (Å²) in [7, 11) is 0. The lowest BCUT2D eigenvalue weighted by molar-refractivity contribution is 0.0955. The predicted molar refractivity (Wildman–Crippen MR) is 78.3 cm³/mol. The van der Waals surface area contributed by atoms with E-state index in [4.69, 9.17) is 0 Å². The van der Waals surface area contributed by atoms with Crippen LogP contribution in [0, 0.1) is 6.92 Å². The van der Waals surface area contributed by atoms with Crippen molar-refractivity contribution in [3.63, 3.8) is 0 Å². The van der Waals surface area contributed by atoms with Gasteiger partial charge in [-0.2, -0.15) is 5.10 Å². The van der Waals surface area contributed by atoms with Gasteiger partial charge in [-0.15, -0.1) is 11.3 Å². The first-order valence-electron chi connectivity index (χ1n) is 5.30. The quantitative estimate of drug-likeness (QED) is 0.681. The van der Waals surface area contributed by atoms with Crippen molar-refractivity contribution < 1.29 is 4.79 Å². The monoisotopic (exact) mass is 322 g/mol. The number of hydrazone groups is 1. The molecule has 0 radical (unpaired) electrons. The molecule has 1 aromatic heterocycles. The van der Waals surface area contributed by atoms with Gasteiger partial charge in [-0.05, 0) is 43.3 Å². The molecule has 92 valence electrons. The maximum atomic E-state index is 11.7. The van der Waals surface area contributed by atoms with Gasteiger partial charge >= 0.3 is 0 Å². The summed E-state index contributed by atoms with van der Waals surface area (Å²) < 4.78 is 0.941. The first-order valence-corrected chi connectivity index (χ1v) is 6.91. The predicted octanol–water partition coefficient (Wildman–Crippen LogP) is 3.58. The Hall–Kier alpha value is -1.46. The summed E-state index contributed by atoms with van der Waals surface area (Å²) in [6.45, 7) is 2.03. The standard InChI is InChI=1S/C13H11BrN2OS/c1-9-2-7-12(18-9)8-15-16-13(17)10-3-5-11(14)6-4-10/h2-8H,1H3,(H,16,17)/b15-8-. The SMILES string of the molecule is Cc1ccc(/C=N\NC(=O)c2ccc(Br)cc2)s1. The zero-order valence-corrected chi connectivity index (χ0v) is 12.1. The van der Waals surface area contributed by atoms with Crippen molar-refractivity contribution in [2.45, 2.75) is 6.92 Å². The zero-order valence-electron chi connectivity index (χ0n) is 9.68. The third-order valence-electron chi connectivity index (χ3n) is 2.23. The molecule has 0 atom stereocenters. The fourth-order valence-corrected chi connectivity index (χ4v) is 2.36. The van der Waals surface area contributed by atoms with E-state index in [0.717, 1.165) is 9.35 Å². The summed E-state index contributed by atoms with van der Waals surface area (Å²) in [4.78, 5) is 14.0. The molecule has 0 aliphatic heterocycles. The molecule has 0 aliphatic carbocycles. The van der Waals surface area contributed by atoms with E-state index < -0.39 is 0 Å². The molecule has 2 aromatic rings. The van der Waals surface area contributed by atoms with Crippen molar-refractivity contribution in [2.75, 3.05) is 0 Å². The smallest absolute Gasteiger partial charge is 0.267 e. The van der Waals surface area contributed by atoms with Crippen LogP contribution in [-0.2, 0) is 0 Å². The molecule has 1 N–H and O–H groups in total. The molecule has 0 spiro atoms. The van der Waals surface area contributed by atoms with E-state index in [1.807, 2.05) is 31.2 Å². The minimum absolute atomic E-state index is 0.216. The van der Waals surface area contributed by atoms with Gasteiger partial charge in [0.25, 0.3) is 5.91 Å². The van der Waals surface area contributed by atoms with Crippen molar-refractivity contribution in [1.82, 2.24) is 5.43 Å². The lowest BCUT2D eigenvalue weighted by Gasteiger charge is -1.99. The number of halogens is 1. The van der Waals surface area contributed by atoms with Gasteiger partial charge < -0.3 is 0 Å². The summed E-state index contributed by atoms with van der Waals surface area (Å²) >= 11 is 4.95. The number of rotatable bonds is 3. The average Bonchev–Trinajstić information content (AvgIpc) is 2.76. The fourth-order valence-electron chi connectivity index (χ4n) is 1.34. The number of amides is 1. The number of nitrogens with one attached hydrogen (secondary N) is 1. The van der Waals surface area contributed by atoms with Gasteiger partial charge in [0.05, 0.1) is 6.21 Å². The first kappa shape index (κ1) is 13.0. The Kier molecular flexibility index (Phi) is 4.28. The third-order valence-corrected chi connectivity index (χ3v) is 3.69. The molecule has 1 heterocycles. The second kappa shape index (κ2) is 5.93. The fraction of sp³-hybridized carbons (Fsp3) is 0.0769. The average molecular weight is 323 g/mol. The molecule has 3 nitrogen and oxygen atoms in total. The number of carbonyl (C=O) groups is 1. The Balaban J connectivity index is 1.96. The number of benzene rings is 1. The Morgan fingerprint density at radius 3 is 2.61 bits per heavy atom. The largest absolute Gasteiger partial charge is 0.271 e. The van der Waals surface area contributed by atoms with E-state index in [1.54, 1.807) is 29.7 Å². The van der Waals surface area contributed by atoms with Gasteiger partial charge in [0.2, 0.25) is 0 Å². The zero-order chi connectivity index (χ0) is 13.0. The van der Waals surface area contributed by atoms with Crippen LogP contribution in [0.1, 0.15) is 20.1 Å². The van der Waals surface area contributed by atoms with Crippen LogP contribution in [0.2, 0.25) is 0 Å². The molecule has 0 bridgehead atoms. The molecule has 1 aromatic carbocycles. The van der Waals surface area contributed by atoms with Crippen molar-refractivity contribution >= 4 is 39.4 Å².